The third-order valence-electron chi connectivity index (χ3n) is 4.42. The Morgan fingerprint density at radius 2 is 1.14 bits per heavy atom. The van der Waals surface area contributed by atoms with E-state index < -0.39 is 31.0 Å². The molecule has 0 aliphatic carbocycles. The summed E-state index contributed by atoms with van der Waals surface area (Å²) in [6, 6.07) is 0. The topological polar surface area (TPSA) is 113 Å². The molecule has 0 fully saturated rings. The van der Waals surface area contributed by atoms with E-state index in [1.54, 1.807) is 7.05 Å². The fourth-order valence-corrected chi connectivity index (χ4v) is 2.23. The summed E-state index contributed by atoms with van der Waals surface area (Å²) in [6.07, 6.45) is -5.65. The van der Waals surface area contributed by atoms with Crippen LogP contribution >= 0.6 is 0 Å². The lowest BCUT2D eigenvalue weighted by Gasteiger charge is -2.34. The third-order valence-corrected chi connectivity index (χ3v) is 4.42. The maximum Gasteiger partial charge on any atom is 0.111 e. The van der Waals surface area contributed by atoms with Gasteiger partial charge in [0.2, 0.25) is 0 Å². The molecule has 0 aliphatic heterocycles. The van der Waals surface area contributed by atoms with Crippen molar-refractivity contribution in [3.05, 3.63) is 0 Å². The van der Waals surface area contributed by atoms with E-state index >= 15 is 0 Å². The van der Waals surface area contributed by atoms with Crippen LogP contribution in [0.4, 0.5) is 0 Å². The molecule has 7 nitrogen and oxygen atoms in total. The highest BCUT2D eigenvalue weighted by Crippen LogP contribution is 2.04. The fraction of sp³-hybridized carbons (Fsp3) is 1.00. The lowest BCUT2D eigenvalue weighted by molar-refractivity contribution is -0.921. The van der Waals surface area contributed by atoms with Crippen molar-refractivity contribution in [3.8, 4) is 0 Å². The van der Waals surface area contributed by atoms with Crippen LogP contribution in [0.15, 0.2) is 0 Å². The molecule has 0 rings (SSSR count). The molecule has 0 aromatic carbocycles. The Bertz CT molecular complexity index is 235. The van der Waals surface area contributed by atoms with E-state index in [-0.39, 0.29) is 6.54 Å². The van der Waals surface area contributed by atoms with Gasteiger partial charge in [-0.15, -0.1) is 0 Å². The van der Waals surface area contributed by atoms with Crippen LogP contribution < -0.4 is 5.32 Å². The predicted molar refractivity (Wildman–Crippen MR) is 87.5 cm³/mol. The van der Waals surface area contributed by atoms with Crippen LogP contribution in [0.2, 0.25) is 0 Å². The van der Waals surface area contributed by atoms with E-state index in [2.05, 4.69) is 33.0 Å². The summed E-state index contributed by atoms with van der Waals surface area (Å²) in [7, 11) is 1.57. The minimum atomic E-state index is -1.55. The van der Waals surface area contributed by atoms with E-state index in [0.717, 1.165) is 0 Å². The molecule has 22 heavy (non-hydrogen) atoms. The Hall–Kier alpha value is -0.280. The average molecular weight is 325 g/mol. The maximum atomic E-state index is 9.21. The molecule has 0 heterocycles. The van der Waals surface area contributed by atoms with Crippen molar-refractivity contribution in [1.29, 1.82) is 0 Å². The number of hydrogen-bond donors (Lipinski definition) is 6. The van der Waals surface area contributed by atoms with Crippen molar-refractivity contribution in [3.63, 3.8) is 0 Å². The van der Waals surface area contributed by atoms with Gasteiger partial charge in [-0.1, -0.05) is 0 Å². The smallest absolute Gasteiger partial charge is 0.111 e. The van der Waals surface area contributed by atoms with Crippen LogP contribution in [0.25, 0.3) is 0 Å². The van der Waals surface area contributed by atoms with Crippen molar-refractivity contribution in [2.24, 2.45) is 0 Å². The average Bonchev–Trinajstić information content (AvgIpc) is 2.56. The van der Waals surface area contributed by atoms with Gasteiger partial charge in [0.25, 0.3) is 0 Å². The van der Waals surface area contributed by atoms with Crippen molar-refractivity contribution < 1.29 is 30.0 Å². The van der Waals surface area contributed by atoms with Gasteiger partial charge in [-0.25, -0.2) is 0 Å². The van der Waals surface area contributed by atoms with E-state index in [1.807, 2.05) is 0 Å². The highest BCUT2D eigenvalue weighted by atomic mass is 16.4. The molecule has 0 saturated heterocycles. The number of likely N-dealkylation sites (N-methyl/N-ethyl adjacent to an activating group) is 1. The molecule has 0 aromatic rings. The summed E-state index contributed by atoms with van der Waals surface area (Å²) in [6.45, 7) is 13.7. The van der Waals surface area contributed by atoms with Gasteiger partial charge >= 0.3 is 0 Å². The normalized spacial score (nSPS) is 17.2. The quantitative estimate of drug-likeness (QED) is 0.273. The van der Waals surface area contributed by atoms with Crippen molar-refractivity contribution in [2.75, 3.05) is 46.4 Å². The number of aliphatic hydroxyl groups excluding tert-OH is 5. The summed E-state index contributed by atoms with van der Waals surface area (Å²) in [4.78, 5) is 0. The first-order valence-electron chi connectivity index (χ1n) is 8.11. The summed E-state index contributed by atoms with van der Waals surface area (Å²) < 4.78 is 1.28. The molecular formula is C15H37N2O5+. The zero-order valence-corrected chi connectivity index (χ0v) is 14.7. The molecule has 0 aromatic heterocycles. The number of hydrogen-bond acceptors (Lipinski definition) is 6. The molecule has 6 N–H and O–H groups in total. The summed E-state index contributed by atoms with van der Waals surface area (Å²) >= 11 is 0. The van der Waals surface area contributed by atoms with E-state index in [9.17, 15) is 5.11 Å². The number of rotatable bonds is 10. The molecule has 0 radical (unpaired) electrons. The number of nitrogens with zero attached hydrogens (tertiary/aromatic N) is 1. The Morgan fingerprint density at radius 1 is 0.773 bits per heavy atom. The van der Waals surface area contributed by atoms with Crippen LogP contribution in [-0.4, -0.2) is 101 Å². The van der Waals surface area contributed by atoms with Gasteiger partial charge in [0.05, 0.1) is 38.9 Å². The Morgan fingerprint density at radius 3 is 1.36 bits per heavy atom. The number of nitrogens with one attached hydrogen (secondary N) is 1. The highest BCUT2D eigenvalue weighted by Gasteiger charge is 2.29. The number of aliphatic hydroxyl groups is 5. The van der Waals surface area contributed by atoms with Crippen LogP contribution in [0, 0.1) is 0 Å². The first kappa shape index (κ1) is 24.0. The van der Waals surface area contributed by atoms with Crippen LogP contribution in [-0.2, 0) is 0 Å². The Kier molecular flexibility index (Phi) is 14.4. The second-order valence-electron chi connectivity index (χ2n) is 5.46. The van der Waals surface area contributed by atoms with Crippen molar-refractivity contribution >= 4 is 0 Å². The molecule has 4 atom stereocenters. The third kappa shape index (κ3) is 8.38. The van der Waals surface area contributed by atoms with Crippen LogP contribution in [0.1, 0.15) is 27.7 Å². The summed E-state index contributed by atoms with van der Waals surface area (Å²) in [5.74, 6) is 0. The molecule has 136 valence electrons. The minimum absolute atomic E-state index is 0.0936. The molecular weight excluding hydrogens is 288 g/mol. The zero-order valence-electron chi connectivity index (χ0n) is 14.7. The van der Waals surface area contributed by atoms with Gasteiger partial charge in [-0.3, -0.25) is 0 Å². The largest absolute Gasteiger partial charge is 0.394 e. The SMILES string of the molecule is CC[N+](CC)(CC)CC.CNCC(O)C(O)C(O)C(O)CO. The molecule has 0 aliphatic rings. The first-order chi connectivity index (χ1) is 10.3. The second-order valence-corrected chi connectivity index (χ2v) is 5.46. The first-order valence-corrected chi connectivity index (χ1v) is 8.11. The minimum Gasteiger partial charge on any atom is -0.394 e. The van der Waals surface area contributed by atoms with Gasteiger partial charge in [0, 0.05) is 6.54 Å². The lowest BCUT2D eigenvalue weighted by atomic mass is 10.0. The predicted octanol–water partition coefficient (Wildman–Crippen LogP) is -1.48. The van der Waals surface area contributed by atoms with Gasteiger partial charge in [0.1, 0.15) is 18.3 Å². The standard InChI is InChI=1S/C8H20N.C7H17NO5/c1-5-9(6-2,7-3)8-4;1-8-2-4(10)6(12)7(13)5(11)3-9/h5-8H2,1-4H3;4-13H,2-3H2,1H3/q+1;. The summed E-state index contributed by atoms with van der Waals surface area (Å²) in [5, 5.41) is 47.5. The van der Waals surface area contributed by atoms with Crippen molar-refractivity contribution in [2.45, 2.75) is 52.1 Å². The van der Waals surface area contributed by atoms with Gasteiger partial charge in [0.15, 0.2) is 0 Å². The monoisotopic (exact) mass is 325 g/mol. The highest BCUT2D eigenvalue weighted by molar-refractivity contribution is 4.81. The molecule has 7 heteroatoms. The molecule has 0 spiro atoms. The second kappa shape index (κ2) is 13.2. The Labute approximate surface area is 134 Å². The fourth-order valence-electron chi connectivity index (χ4n) is 2.23. The van der Waals surface area contributed by atoms with Crippen LogP contribution in [0.5, 0.6) is 0 Å². The Balaban J connectivity index is 0. The van der Waals surface area contributed by atoms with E-state index in [0.29, 0.717) is 0 Å². The molecule has 0 amide bonds. The van der Waals surface area contributed by atoms with Gasteiger partial charge < -0.3 is 35.3 Å². The maximum absolute atomic E-state index is 9.21. The molecule has 0 bridgehead atoms. The zero-order chi connectivity index (χ0) is 17.8. The summed E-state index contributed by atoms with van der Waals surface area (Å²) in [5.41, 5.74) is 0. The number of quaternary nitrogens is 1. The van der Waals surface area contributed by atoms with Gasteiger partial charge in [-0.2, -0.15) is 0 Å². The van der Waals surface area contributed by atoms with E-state index in [1.165, 1.54) is 30.7 Å². The van der Waals surface area contributed by atoms with Crippen LogP contribution in [0.3, 0.4) is 0 Å². The van der Waals surface area contributed by atoms with Crippen molar-refractivity contribution in [1.82, 2.24) is 5.32 Å². The molecule has 4 unspecified atom stereocenters. The molecule has 0 saturated carbocycles. The van der Waals surface area contributed by atoms with Gasteiger partial charge in [-0.05, 0) is 34.7 Å². The lowest BCUT2D eigenvalue weighted by Crippen LogP contribution is -2.48. The van der Waals surface area contributed by atoms with E-state index in [4.69, 9.17) is 20.4 Å².